The van der Waals surface area contributed by atoms with Gasteiger partial charge in [0.1, 0.15) is 6.04 Å². The maximum absolute atomic E-state index is 12.3. The zero-order valence-electron chi connectivity index (χ0n) is 16.0. The van der Waals surface area contributed by atoms with Gasteiger partial charge in [-0.1, -0.05) is 6.92 Å². The van der Waals surface area contributed by atoms with Gasteiger partial charge in [0.25, 0.3) is 0 Å². The van der Waals surface area contributed by atoms with Crippen LogP contribution in [0.2, 0.25) is 0 Å². The van der Waals surface area contributed by atoms with Gasteiger partial charge in [0, 0.05) is 25.6 Å². The minimum atomic E-state index is -3.82. The van der Waals surface area contributed by atoms with Crippen molar-refractivity contribution in [1.82, 2.24) is 15.4 Å². The molecule has 10 heteroatoms. The molecule has 1 rings (SSSR count). The standard InChI is InChI=1S/C17H27N3O6S/c1-5-9-18-17(22)12(2)20-16(21)8-10-19-27(23,24)13-6-7-14(25-3)15(11-13)26-4/h6-7,11-12,19H,5,8-10H2,1-4H3,(H,18,22)(H,20,21). The van der Waals surface area contributed by atoms with Gasteiger partial charge >= 0.3 is 0 Å². The lowest BCUT2D eigenvalue weighted by Gasteiger charge is -2.14. The van der Waals surface area contributed by atoms with Crippen molar-refractivity contribution in [2.75, 3.05) is 27.3 Å². The summed E-state index contributed by atoms with van der Waals surface area (Å²) in [6, 6.07) is 3.51. The van der Waals surface area contributed by atoms with Gasteiger partial charge in [0.2, 0.25) is 21.8 Å². The van der Waals surface area contributed by atoms with Crippen LogP contribution in [0.4, 0.5) is 0 Å². The molecule has 0 aliphatic rings. The van der Waals surface area contributed by atoms with E-state index in [4.69, 9.17) is 9.47 Å². The van der Waals surface area contributed by atoms with Crippen LogP contribution in [0.15, 0.2) is 23.1 Å². The average Bonchev–Trinajstić information content (AvgIpc) is 2.64. The van der Waals surface area contributed by atoms with Gasteiger partial charge in [-0.25, -0.2) is 13.1 Å². The minimum absolute atomic E-state index is 0.00660. The van der Waals surface area contributed by atoms with Crippen LogP contribution < -0.4 is 24.8 Å². The molecule has 9 nitrogen and oxygen atoms in total. The van der Waals surface area contributed by atoms with Gasteiger partial charge in [0.15, 0.2) is 11.5 Å². The summed E-state index contributed by atoms with van der Waals surface area (Å²) in [5.41, 5.74) is 0. The maximum Gasteiger partial charge on any atom is 0.242 e. The molecule has 1 unspecified atom stereocenters. The lowest BCUT2D eigenvalue weighted by molar-refractivity contribution is -0.128. The third-order valence-corrected chi connectivity index (χ3v) is 5.09. The highest BCUT2D eigenvalue weighted by Gasteiger charge is 2.18. The molecule has 0 fully saturated rings. The van der Waals surface area contributed by atoms with Crippen LogP contribution in [0, 0.1) is 0 Å². The molecule has 0 aromatic heterocycles. The first-order valence-electron chi connectivity index (χ1n) is 8.54. The van der Waals surface area contributed by atoms with Gasteiger partial charge in [-0.2, -0.15) is 0 Å². The van der Waals surface area contributed by atoms with E-state index in [0.29, 0.717) is 12.3 Å². The number of carbonyl (C=O) groups excluding carboxylic acids is 2. The van der Waals surface area contributed by atoms with Crippen LogP contribution in [0.25, 0.3) is 0 Å². The maximum atomic E-state index is 12.3. The van der Waals surface area contributed by atoms with E-state index >= 15 is 0 Å². The predicted molar refractivity (Wildman–Crippen MR) is 100 cm³/mol. The fourth-order valence-corrected chi connectivity index (χ4v) is 3.19. The lowest BCUT2D eigenvalue weighted by atomic mass is 10.3. The Labute approximate surface area is 159 Å². The second kappa shape index (κ2) is 10.7. The molecule has 0 spiro atoms. The molecule has 0 bridgehead atoms. The second-order valence-corrected chi connectivity index (χ2v) is 7.51. The third kappa shape index (κ3) is 7.06. The highest BCUT2D eigenvalue weighted by Crippen LogP contribution is 2.29. The third-order valence-electron chi connectivity index (χ3n) is 3.63. The molecular weight excluding hydrogens is 374 g/mol. The Morgan fingerprint density at radius 3 is 2.37 bits per heavy atom. The van der Waals surface area contributed by atoms with Crippen molar-refractivity contribution >= 4 is 21.8 Å². The van der Waals surface area contributed by atoms with Crippen LogP contribution in [0.3, 0.4) is 0 Å². The van der Waals surface area contributed by atoms with Crippen molar-refractivity contribution in [2.45, 2.75) is 37.6 Å². The average molecular weight is 401 g/mol. The number of carbonyl (C=O) groups is 2. The van der Waals surface area contributed by atoms with E-state index in [9.17, 15) is 18.0 Å². The summed E-state index contributed by atoms with van der Waals surface area (Å²) in [6.45, 7) is 3.92. The molecule has 1 aromatic carbocycles. The van der Waals surface area contributed by atoms with Crippen LogP contribution in [-0.2, 0) is 19.6 Å². The molecule has 0 aliphatic heterocycles. The second-order valence-electron chi connectivity index (χ2n) is 5.74. The van der Waals surface area contributed by atoms with Gasteiger partial charge < -0.3 is 20.1 Å². The van der Waals surface area contributed by atoms with Crippen molar-refractivity contribution in [1.29, 1.82) is 0 Å². The Bertz CT molecular complexity index is 751. The smallest absolute Gasteiger partial charge is 0.242 e. The molecular formula is C17H27N3O6S. The fraction of sp³-hybridized carbons (Fsp3) is 0.529. The molecule has 1 atom stereocenters. The molecule has 0 aliphatic carbocycles. The highest BCUT2D eigenvalue weighted by atomic mass is 32.2. The van der Waals surface area contributed by atoms with Crippen molar-refractivity contribution in [3.63, 3.8) is 0 Å². The Morgan fingerprint density at radius 1 is 1.11 bits per heavy atom. The molecule has 2 amide bonds. The van der Waals surface area contributed by atoms with Crippen LogP contribution >= 0.6 is 0 Å². The van der Waals surface area contributed by atoms with Crippen molar-refractivity contribution in [3.05, 3.63) is 18.2 Å². The topological polar surface area (TPSA) is 123 Å². The van der Waals surface area contributed by atoms with E-state index in [1.807, 2.05) is 6.92 Å². The molecule has 27 heavy (non-hydrogen) atoms. The molecule has 152 valence electrons. The van der Waals surface area contributed by atoms with Crippen molar-refractivity contribution in [2.24, 2.45) is 0 Å². The number of ether oxygens (including phenoxy) is 2. The van der Waals surface area contributed by atoms with E-state index in [-0.39, 0.29) is 29.5 Å². The molecule has 1 aromatic rings. The number of nitrogens with one attached hydrogen (secondary N) is 3. The lowest BCUT2D eigenvalue weighted by Crippen LogP contribution is -2.45. The van der Waals surface area contributed by atoms with Crippen molar-refractivity contribution in [3.8, 4) is 11.5 Å². The van der Waals surface area contributed by atoms with Gasteiger partial charge in [-0.05, 0) is 25.5 Å². The quantitative estimate of drug-likeness (QED) is 0.493. The minimum Gasteiger partial charge on any atom is -0.493 e. The number of sulfonamides is 1. The summed E-state index contributed by atoms with van der Waals surface area (Å²) >= 11 is 0. The number of rotatable bonds is 11. The number of hydrogen-bond acceptors (Lipinski definition) is 6. The first-order chi connectivity index (χ1) is 12.7. The summed E-state index contributed by atoms with van der Waals surface area (Å²) in [7, 11) is -0.958. The zero-order chi connectivity index (χ0) is 20.4. The van der Waals surface area contributed by atoms with Crippen molar-refractivity contribution < 1.29 is 27.5 Å². The summed E-state index contributed by atoms with van der Waals surface area (Å²) in [5, 5.41) is 5.20. The van der Waals surface area contributed by atoms with E-state index < -0.39 is 22.0 Å². The van der Waals surface area contributed by atoms with Gasteiger partial charge in [-0.15, -0.1) is 0 Å². The Morgan fingerprint density at radius 2 is 1.78 bits per heavy atom. The number of hydrogen-bond donors (Lipinski definition) is 3. The fourth-order valence-electron chi connectivity index (χ4n) is 2.15. The summed E-state index contributed by atoms with van der Waals surface area (Å²) < 4.78 is 37.2. The highest BCUT2D eigenvalue weighted by molar-refractivity contribution is 7.89. The SMILES string of the molecule is CCCNC(=O)C(C)NC(=O)CCNS(=O)(=O)c1ccc(OC)c(OC)c1. The van der Waals surface area contributed by atoms with E-state index in [0.717, 1.165) is 6.42 Å². The number of methoxy groups -OCH3 is 2. The van der Waals surface area contributed by atoms with Gasteiger partial charge in [-0.3, -0.25) is 9.59 Å². The van der Waals surface area contributed by atoms with E-state index in [1.54, 1.807) is 6.92 Å². The normalized spacial score (nSPS) is 12.1. The Kier molecular flexibility index (Phi) is 9.03. The van der Waals surface area contributed by atoms with Crippen LogP contribution in [0.1, 0.15) is 26.7 Å². The summed E-state index contributed by atoms with van der Waals surface area (Å²) in [6.07, 6.45) is 0.697. The molecule has 0 radical (unpaired) electrons. The largest absolute Gasteiger partial charge is 0.493 e. The first kappa shape index (κ1) is 22.7. The molecule has 0 saturated carbocycles. The molecule has 0 heterocycles. The molecule has 0 saturated heterocycles. The molecule has 3 N–H and O–H groups in total. The van der Waals surface area contributed by atoms with Crippen LogP contribution in [0.5, 0.6) is 11.5 Å². The van der Waals surface area contributed by atoms with E-state index in [2.05, 4.69) is 15.4 Å². The van der Waals surface area contributed by atoms with Crippen LogP contribution in [-0.4, -0.2) is 53.6 Å². The number of benzene rings is 1. The van der Waals surface area contributed by atoms with Gasteiger partial charge in [0.05, 0.1) is 19.1 Å². The zero-order valence-corrected chi connectivity index (χ0v) is 16.8. The first-order valence-corrected chi connectivity index (χ1v) is 10.0. The Hall–Kier alpha value is -2.33. The monoisotopic (exact) mass is 401 g/mol. The van der Waals surface area contributed by atoms with E-state index in [1.165, 1.54) is 32.4 Å². The number of amides is 2. The predicted octanol–water partition coefficient (Wildman–Crippen LogP) is 0.403. The summed E-state index contributed by atoms with van der Waals surface area (Å²) in [5.74, 6) is -0.0172. The Balaban J connectivity index is 2.57. The summed E-state index contributed by atoms with van der Waals surface area (Å²) in [4.78, 5) is 23.6.